The van der Waals surface area contributed by atoms with E-state index in [0.717, 1.165) is 34.8 Å². The van der Waals surface area contributed by atoms with Crippen molar-refractivity contribution in [2.24, 2.45) is 22.9 Å². The Hall–Kier alpha value is -7.27. The summed E-state index contributed by atoms with van der Waals surface area (Å²) in [5, 5.41) is 41.0. The van der Waals surface area contributed by atoms with E-state index < -0.39 is 34.7 Å². The van der Waals surface area contributed by atoms with E-state index in [1.807, 2.05) is 48.5 Å². The zero-order chi connectivity index (χ0) is 50.1. The van der Waals surface area contributed by atoms with Crippen molar-refractivity contribution in [3.63, 3.8) is 0 Å². The van der Waals surface area contributed by atoms with Crippen molar-refractivity contribution in [2.75, 3.05) is 46.4 Å². The molecule has 1 saturated carbocycles. The van der Waals surface area contributed by atoms with Crippen LogP contribution < -0.4 is 24.3 Å². The van der Waals surface area contributed by atoms with Crippen molar-refractivity contribution >= 4 is 39.9 Å². The van der Waals surface area contributed by atoms with Gasteiger partial charge in [0.2, 0.25) is 5.79 Å². The number of oxime groups is 1. The smallest absolute Gasteiger partial charge is 0.417 e. The van der Waals surface area contributed by atoms with Crippen LogP contribution in [0.1, 0.15) is 72.3 Å². The van der Waals surface area contributed by atoms with Crippen LogP contribution in [-0.2, 0) is 16.2 Å². The van der Waals surface area contributed by atoms with E-state index in [0.29, 0.717) is 65.5 Å². The van der Waals surface area contributed by atoms with E-state index in [1.165, 1.54) is 26.4 Å². The summed E-state index contributed by atoms with van der Waals surface area (Å²) in [6.07, 6.45) is 7.27. The number of carbonyl (C=O) groups is 2. The van der Waals surface area contributed by atoms with Crippen LogP contribution in [0, 0.1) is 27.9 Å². The molecule has 1 heterocycles. The largest absolute Gasteiger partial charge is 0.497 e. The molecule has 0 saturated heterocycles. The predicted molar refractivity (Wildman–Crippen MR) is 268 cm³/mol. The van der Waals surface area contributed by atoms with Gasteiger partial charge in [0.1, 0.15) is 35.6 Å². The van der Waals surface area contributed by atoms with Gasteiger partial charge in [0.25, 0.3) is 11.6 Å². The Balaban J connectivity index is 1.27. The molecular formula is C55H60N4O12. The molecule has 8 rings (SSSR count). The number of aliphatic hydroxyl groups excluding tert-OH is 2. The highest BCUT2D eigenvalue weighted by molar-refractivity contribution is 6.04. The van der Waals surface area contributed by atoms with E-state index >= 15 is 0 Å². The van der Waals surface area contributed by atoms with Gasteiger partial charge in [-0.2, -0.15) is 0 Å². The van der Waals surface area contributed by atoms with Crippen molar-refractivity contribution in [3.05, 3.63) is 154 Å². The maximum atomic E-state index is 15.0. The maximum Gasteiger partial charge on any atom is 0.417 e. The summed E-state index contributed by atoms with van der Waals surface area (Å²) >= 11 is 0. The number of ether oxygens (including phenoxy) is 5. The lowest BCUT2D eigenvalue weighted by Crippen LogP contribution is -2.69. The second kappa shape index (κ2) is 22.7. The van der Waals surface area contributed by atoms with E-state index in [-0.39, 0.29) is 62.0 Å². The number of hydrogen-bond acceptors (Lipinski definition) is 13. The number of non-ortho nitro benzene ring substituents is 1. The summed E-state index contributed by atoms with van der Waals surface area (Å²) in [6, 6.07) is 28.9. The Morgan fingerprint density at radius 3 is 2.38 bits per heavy atom. The first kappa shape index (κ1) is 50.1. The monoisotopic (exact) mass is 968 g/mol. The number of unbranched alkanes of at least 4 members (excludes halogenated alkanes) is 2. The molecule has 2 aliphatic carbocycles. The molecule has 3 N–H and O–H groups in total. The number of rotatable bonds is 21. The molecule has 16 heteroatoms. The SMILES string of the molecule is C=CCO[C@@]12Oc3ccc(OC(=O)Nc4ccc(OC)cc4OC)cc3[C@H]3[C@H](CCCCO)[C@@H](CCCCO)C=C(C(=NOCc4ccc([N+](=O)[O-])cc4)C[C@@H]1N(C)C(=O)c1ccc4ccccc4c1)[C@H]32. The molecule has 0 spiro atoms. The first-order valence-corrected chi connectivity index (χ1v) is 23.9. The van der Waals surface area contributed by atoms with Crippen LogP contribution in [-0.4, -0.2) is 90.7 Å². The van der Waals surface area contributed by atoms with Crippen LogP contribution in [0.15, 0.2) is 133 Å². The molecule has 372 valence electrons. The number of nitrogens with one attached hydrogen (secondary N) is 1. The number of hydrogen-bond donors (Lipinski definition) is 3. The number of likely N-dealkylation sites (N-methyl/N-ethyl adjacent to an activating group) is 1. The van der Waals surface area contributed by atoms with Gasteiger partial charge in [-0.1, -0.05) is 60.5 Å². The molecule has 0 radical (unpaired) electrons. The molecule has 3 aliphatic rings. The number of anilines is 1. The van der Waals surface area contributed by atoms with Crippen LogP contribution in [0.25, 0.3) is 10.8 Å². The lowest BCUT2D eigenvalue weighted by Gasteiger charge is -2.59. The van der Waals surface area contributed by atoms with Gasteiger partial charge in [0.05, 0.1) is 43.1 Å². The van der Waals surface area contributed by atoms with Crippen molar-refractivity contribution in [1.29, 1.82) is 0 Å². The van der Waals surface area contributed by atoms with Gasteiger partial charge in [-0.25, -0.2) is 4.79 Å². The van der Waals surface area contributed by atoms with Crippen molar-refractivity contribution < 1.29 is 53.2 Å². The Morgan fingerprint density at radius 2 is 1.66 bits per heavy atom. The van der Waals surface area contributed by atoms with Gasteiger partial charge in [0.15, 0.2) is 0 Å². The fourth-order valence-corrected chi connectivity index (χ4v) is 10.5. The highest BCUT2D eigenvalue weighted by atomic mass is 16.7. The first-order chi connectivity index (χ1) is 34.5. The molecule has 16 nitrogen and oxygen atoms in total. The van der Waals surface area contributed by atoms with Gasteiger partial charge in [-0.3, -0.25) is 20.2 Å². The minimum absolute atomic E-state index is 0.00567. The summed E-state index contributed by atoms with van der Waals surface area (Å²) in [5.74, 6) is -1.36. The molecule has 5 aromatic carbocycles. The average molecular weight is 969 g/mol. The standard InChI is InChI=1S/C55H60N4O12/c1-5-28-68-55-50(58(2)53(62)39-19-18-36-12-6-7-13-37(36)29-39)33-47(57-69-34-35-16-20-40(21-17-35)59(64)65)44-30-38(14-8-10-26-60)43(15-9-11-27-61)51(52(44)55)45-31-42(23-25-48(45)71-55)70-54(63)56-46-24-22-41(66-3)32-49(46)67-4/h5-7,12-13,16-25,29-32,38,43,50-52,60-61H,1,8-11,14-15,26-28,33-34H2,2-4H3,(H,56,63)/t38-,43+,50-,51+,52+,55+/m0/s1. The maximum absolute atomic E-state index is 15.0. The van der Waals surface area contributed by atoms with Gasteiger partial charge < -0.3 is 43.6 Å². The number of benzene rings is 5. The second-order valence-electron chi connectivity index (χ2n) is 18.0. The second-order valence-corrected chi connectivity index (χ2v) is 18.0. The summed E-state index contributed by atoms with van der Waals surface area (Å²) < 4.78 is 31.2. The van der Waals surface area contributed by atoms with Crippen LogP contribution in [0.5, 0.6) is 23.0 Å². The van der Waals surface area contributed by atoms with E-state index in [4.69, 9.17) is 33.7 Å². The normalized spacial score (nSPS) is 21.5. The first-order valence-electron chi connectivity index (χ1n) is 23.9. The predicted octanol–water partition coefficient (Wildman–Crippen LogP) is 9.98. The zero-order valence-electron chi connectivity index (χ0n) is 40.2. The Morgan fingerprint density at radius 1 is 0.915 bits per heavy atom. The lowest BCUT2D eigenvalue weighted by atomic mass is 9.55. The Bertz CT molecular complexity index is 2800. The van der Waals surface area contributed by atoms with E-state index in [2.05, 4.69) is 18.0 Å². The number of fused-ring (bicyclic) bond motifs is 3. The highest BCUT2D eigenvalue weighted by Crippen LogP contribution is 2.62. The third-order valence-corrected chi connectivity index (χ3v) is 13.8. The number of nitro groups is 1. The number of methoxy groups -OCH3 is 2. The minimum atomic E-state index is -1.54. The number of nitro benzene ring substituents is 1. The minimum Gasteiger partial charge on any atom is -0.497 e. The van der Waals surface area contributed by atoms with Gasteiger partial charge >= 0.3 is 6.09 Å². The third-order valence-electron chi connectivity index (χ3n) is 13.8. The van der Waals surface area contributed by atoms with Crippen molar-refractivity contribution in [2.45, 2.75) is 69.3 Å². The number of nitrogens with zero attached hydrogens (tertiary/aromatic N) is 3. The number of allylic oxidation sites excluding steroid dienone is 1. The lowest BCUT2D eigenvalue weighted by molar-refractivity contribution is -0.384. The van der Waals surface area contributed by atoms with Gasteiger partial charge in [0, 0.05) is 61.9 Å². The van der Waals surface area contributed by atoms with E-state index in [9.17, 15) is 29.9 Å². The number of carbonyl (C=O) groups excluding carboxylic acids is 2. The molecule has 0 bridgehead atoms. The molecule has 71 heavy (non-hydrogen) atoms. The topological polar surface area (TPSA) is 201 Å². The molecule has 0 unspecified atom stereocenters. The van der Waals surface area contributed by atoms with E-state index in [1.54, 1.807) is 60.5 Å². The molecule has 1 aliphatic heterocycles. The number of amides is 2. The van der Waals surface area contributed by atoms with Gasteiger partial charge in [-0.15, -0.1) is 6.58 Å². The van der Waals surface area contributed by atoms with Crippen molar-refractivity contribution in [1.82, 2.24) is 4.90 Å². The zero-order valence-corrected chi connectivity index (χ0v) is 40.2. The van der Waals surface area contributed by atoms with Crippen LogP contribution in [0.3, 0.4) is 0 Å². The summed E-state index contributed by atoms with van der Waals surface area (Å²) in [4.78, 5) is 47.4. The van der Waals surface area contributed by atoms with Crippen LogP contribution in [0.2, 0.25) is 0 Å². The molecule has 0 aromatic heterocycles. The molecule has 5 aromatic rings. The highest BCUT2D eigenvalue weighted by Gasteiger charge is 2.65. The average Bonchev–Trinajstić information content (AvgIpc) is 3.38. The van der Waals surface area contributed by atoms with Gasteiger partial charge in [-0.05, 0) is 114 Å². The summed E-state index contributed by atoms with van der Waals surface area (Å²) in [5.41, 5.74) is 3.58. The summed E-state index contributed by atoms with van der Waals surface area (Å²) in [6.45, 7) is 4.14. The number of aliphatic hydroxyl groups is 2. The molecule has 1 fully saturated rings. The molecule has 2 amide bonds. The van der Waals surface area contributed by atoms with Crippen molar-refractivity contribution in [3.8, 4) is 23.0 Å². The van der Waals surface area contributed by atoms with Crippen LogP contribution >= 0.6 is 0 Å². The fourth-order valence-electron chi connectivity index (χ4n) is 10.5. The molecule has 6 atom stereocenters. The van der Waals surface area contributed by atoms with Crippen LogP contribution in [0.4, 0.5) is 16.2 Å². The summed E-state index contributed by atoms with van der Waals surface area (Å²) in [7, 11) is 4.77. The third kappa shape index (κ3) is 10.7. The fraction of sp³-hybridized carbons (Fsp3) is 0.364. The molecular weight excluding hydrogens is 909 g/mol. The quantitative estimate of drug-likeness (QED) is 0.0272. The Labute approximate surface area is 412 Å². The Kier molecular flexibility index (Phi) is 16.0.